The van der Waals surface area contributed by atoms with Gasteiger partial charge in [0.05, 0.1) is 0 Å². The van der Waals surface area contributed by atoms with Crippen molar-refractivity contribution in [2.45, 2.75) is 51.2 Å². The molecule has 4 nitrogen and oxygen atoms in total. The molecule has 7 heteroatoms. The molecular weight excluding hydrogens is 347 g/mol. The molecule has 0 aliphatic carbocycles. The Hall–Kier alpha value is -0.500. The highest BCUT2D eigenvalue weighted by molar-refractivity contribution is 9.10. The van der Waals surface area contributed by atoms with Crippen molar-refractivity contribution < 1.29 is 12.8 Å². The van der Waals surface area contributed by atoms with Crippen LogP contribution in [0.25, 0.3) is 0 Å². The van der Waals surface area contributed by atoms with E-state index in [0.29, 0.717) is 10.0 Å². The lowest BCUT2D eigenvalue weighted by molar-refractivity contribution is 0.525. The summed E-state index contributed by atoms with van der Waals surface area (Å²) in [5.41, 5.74) is 0.317. The fourth-order valence-corrected chi connectivity index (χ4v) is 3.68. The fraction of sp³-hybridized carbons (Fsp3) is 0.538. The SMILES string of the molecule is CC(C)NCc1cc(Br)cc(S(=O)(=O)NC(C)C)c1F. The van der Waals surface area contributed by atoms with Gasteiger partial charge < -0.3 is 5.32 Å². The highest BCUT2D eigenvalue weighted by Gasteiger charge is 2.23. The van der Waals surface area contributed by atoms with Crippen LogP contribution in [0.2, 0.25) is 0 Å². The molecule has 0 bridgehead atoms. The first-order valence-corrected chi connectivity index (χ1v) is 8.64. The lowest BCUT2D eigenvalue weighted by Gasteiger charge is -2.14. The number of sulfonamides is 1. The second-order valence-corrected chi connectivity index (χ2v) is 7.79. The minimum atomic E-state index is -3.86. The third-order valence-electron chi connectivity index (χ3n) is 2.46. The topological polar surface area (TPSA) is 58.2 Å². The molecule has 0 heterocycles. The first kappa shape index (κ1) is 17.6. The van der Waals surface area contributed by atoms with E-state index < -0.39 is 15.8 Å². The first-order valence-electron chi connectivity index (χ1n) is 6.37. The minimum absolute atomic E-state index is 0.183. The summed E-state index contributed by atoms with van der Waals surface area (Å²) in [6, 6.07) is 2.75. The molecule has 0 fully saturated rings. The van der Waals surface area contributed by atoms with Gasteiger partial charge in [-0.2, -0.15) is 0 Å². The Bertz CT molecular complexity index is 574. The van der Waals surface area contributed by atoms with Crippen molar-refractivity contribution in [2.24, 2.45) is 0 Å². The molecule has 0 atom stereocenters. The van der Waals surface area contributed by atoms with Gasteiger partial charge >= 0.3 is 0 Å². The van der Waals surface area contributed by atoms with E-state index in [0.717, 1.165) is 0 Å². The summed E-state index contributed by atoms with van der Waals surface area (Å²) < 4.78 is 41.5. The monoisotopic (exact) mass is 366 g/mol. The smallest absolute Gasteiger partial charge is 0.243 e. The molecule has 1 aromatic carbocycles. The molecule has 0 amide bonds. The van der Waals surface area contributed by atoms with Gasteiger partial charge in [-0.25, -0.2) is 17.5 Å². The molecule has 114 valence electrons. The molecule has 2 N–H and O–H groups in total. The van der Waals surface area contributed by atoms with E-state index in [9.17, 15) is 12.8 Å². The molecule has 1 rings (SSSR count). The van der Waals surface area contributed by atoms with Gasteiger partial charge in [0, 0.05) is 28.7 Å². The largest absolute Gasteiger partial charge is 0.310 e. The first-order chi connectivity index (χ1) is 9.13. The van der Waals surface area contributed by atoms with Gasteiger partial charge in [0.25, 0.3) is 0 Å². The van der Waals surface area contributed by atoms with Crippen LogP contribution >= 0.6 is 15.9 Å². The molecule has 0 radical (unpaired) electrons. The van der Waals surface area contributed by atoms with Crippen LogP contribution in [-0.4, -0.2) is 20.5 Å². The van der Waals surface area contributed by atoms with E-state index in [2.05, 4.69) is 26.0 Å². The second kappa shape index (κ2) is 6.98. The molecular formula is C13H20BrFN2O2S. The van der Waals surface area contributed by atoms with Crippen LogP contribution in [0, 0.1) is 5.82 Å². The fourth-order valence-electron chi connectivity index (χ4n) is 1.63. The standard InChI is InChI=1S/C13H20BrFN2O2S/c1-8(2)16-7-10-5-11(14)6-12(13(10)15)20(18,19)17-9(3)4/h5-6,8-9,16-17H,7H2,1-4H3. The molecule has 0 unspecified atom stereocenters. The normalized spacial score (nSPS) is 12.4. The number of nitrogens with one attached hydrogen (secondary N) is 2. The zero-order valence-electron chi connectivity index (χ0n) is 12.0. The van der Waals surface area contributed by atoms with Gasteiger partial charge in [-0.1, -0.05) is 29.8 Å². The summed E-state index contributed by atoms with van der Waals surface area (Å²) in [5, 5.41) is 3.07. The number of halogens is 2. The van der Waals surface area contributed by atoms with Crippen molar-refractivity contribution in [1.29, 1.82) is 0 Å². The van der Waals surface area contributed by atoms with Gasteiger partial charge in [0.1, 0.15) is 10.7 Å². The summed E-state index contributed by atoms with van der Waals surface area (Å²) in [5.74, 6) is -0.713. The number of hydrogen-bond donors (Lipinski definition) is 2. The Kier molecular flexibility index (Phi) is 6.12. The molecule has 0 spiro atoms. The zero-order valence-corrected chi connectivity index (χ0v) is 14.4. The molecule has 0 aliphatic heterocycles. The van der Waals surface area contributed by atoms with Crippen LogP contribution < -0.4 is 10.0 Å². The van der Waals surface area contributed by atoms with Crippen LogP contribution in [0.1, 0.15) is 33.3 Å². The summed E-state index contributed by atoms with van der Waals surface area (Å²) in [6.07, 6.45) is 0. The Balaban J connectivity index is 3.21. The average molecular weight is 367 g/mol. The lowest BCUT2D eigenvalue weighted by atomic mass is 10.2. The van der Waals surface area contributed by atoms with Crippen LogP contribution in [0.5, 0.6) is 0 Å². The lowest BCUT2D eigenvalue weighted by Crippen LogP contribution is -2.31. The van der Waals surface area contributed by atoms with E-state index in [-0.39, 0.29) is 23.5 Å². The summed E-state index contributed by atoms with van der Waals surface area (Å²) in [4.78, 5) is -0.332. The van der Waals surface area contributed by atoms with E-state index in [4.69, 9.17) is 0 Å². The Morgan fingerprint density at radius 3 is 2.30 bits per heavy atom. The highest BCUT2D eigenvalue weighted by Crippen LogP contribution is 2.24. The summed E-state index contributed by atoms with van der Waals surface area (Å²) in [7, 11) is -3.86. The third kappa shape index (κ3) is 4.80. The number of hydrogen-bond acceptors (Lipinski definition) is 3. The van der Waals surface area contributed by atoms with Crippen molar-refractivity contribution >= 4 is 26.0 Å². The van der Waals surface area contributed by atoms with E-state index in [1.54, 1.807) is 19.9 Å². The van der Waals surface area contributed by atoms with Gasteiger partial charge in [-0.3, -0.25) is 0 Å². The predicted molar refractivity (Wildman–Crippen MR) is 81.5 cm³/mol. The van der Waals surface area contributed by atoms with Gasteiger partial charge in [0.2, 0.25) is 10.0 Å². The predicted octanol–water partition coefficient (Wildman–Crippen LogP) is 2.77. The van der Waals surface area contributed by atoms with Crippen molar-refractivity contribution in [3.63, 3.8) is 0 Å². The van der Waals surface area contributed by atoms with Crippen LogP contribution in [-0.2, 0) is 16.6 Å². The van der Waals surface area contributed by atoms with Crippen molar-refractivity contribution in [2.75, 3.05) is 0 Å². The van der Waals surface area contributed by atoms with Crippen LogP contribution in [0.4, 0.5) is 4.39 Å². The average Bonchev–Trinajstić information content (AvgIpc) is 2.27. The molecule has 0 aromatic heterocycles. The van der Waals surface area contributed by atoms with Gasteiger partial charge in [-0.05, 0) is 26.0 Å². The number of benzene rings is 1. The number of rotatable bonds is 6. The molecule has 0 saturated carbocycles. The van der Waals surface area contributed by atoms with Gasteiger partial charge in [0.15, 0.2) is 0 Å². The third-order valence-corrected chi connectivity index (χ3v) is 4.58. The maximum atomic E-state index is 14.4. The Morgan fingerprint density at radius 2 is 1.80 bits per heavy atom. The zero-order chi connectivity index (χ0) is 15.5. The van der Waals surface area contributed by atoms with E-state index in [1.165, 1.54) is 6.07 Å². The second-order valence-electron chi connectivity index (χ2n) is 5.19. The molecule has 1 aromatic rings. The maximum absolute atomic E-state index is 14.4. The van der Waals surface area contributed by atoms with E-state index in [1.807, 2.05) is 13.8 Å². The minimum Gasteiger partial charge on any atom is -0.310 e. The molecule has 0 aliphatic rings. The quantitative estimate of drug-likeness (QED) is 0.813. The highest BCUT2D eigenvalue weighted by atomic mass is 79.9. The van der Waals surface area contributed by atoms with E-state index >= 15 is 0 Å². The Morgan fingerprint density at radius 1 is 1.20 bits per heavy atom. The Labute approximate surface area is 128 Å². The maximum Gasteiger partial charge on any atom is 0.243 e. The van der Waals surface area contributed by atoms with Gasteiger partial charge in [-0.15, -0.1) is 0 Å². The van der Waals surface area contributed by atoms with Crippen molar-refractivity contribution in [3.05, 3.63) is 28.0 Å². The summed E-state index contributed by atoms with van der Waals surface area (Å²) >= 11 is 3.23. The van der Waals surface area contributed by atoms with Crippen LogP contribution in [0.15, 0.2) is 21.5 Å². The summed E-state index contributed by atoms with van der Waals surface area (Å²) in [6.45, 7) is 7.53. The molecule has 0 saturated heterocycles. The van der Waals surface area contributed by atoms with Crippen molar-refractivity contribution in [3.8, 4) is 0 Å². The van der Waals surface area contributed by atoms with Crippen molar-refractivity contribution in [1.82, 2.24) is 10.0 Å². The molecule has 20 heavy (non-hydrogen) atoms. The van der Waals surface area contributed by atoms with Crippen LogP contribution in [0.3, 0.4) is 0 Å².